The Hall–Kier alpha value is -1.41. The van der Waals surface area contributed by atoms with Crippen molar-refractivity contribution in [1.29, 1.82) is 0 Å². The Bertz CT molecular complexity index is 499. The monoisotopic (exact) mass is 257 g/mol. The molecule has 0 spiro atoms. The van der Waals surface area contributed by atoms with E-state index in [-0.39, 0.29) is 0 Å². The van der Waals surface area contributed by atoms with Crippen LogP contribution in [-0.2, 0) is 0 Å². The van der Waals surface area contributed by atoms with Crippen molar-refractivity contribution >= 4 is 23.5 Å². The standard InChI is InChI=1S/C16H19NS/c1-3-7-13(2)16-17-15(12-18-16)11-10-14-8-5-4-6-9-14/h4-6,8-13H,3,7H2,1-2H3. The van der Waals surface area contributed by atoms with Crippen LogP contribution < -0.4 is 0 Å². The lowest BCUT2D eigenvalue weighted by atomic mass is 10.1. The molecule has 0 aliphatic rings. The van der Waals surface area contributed by atoms with Crippen LogP contribution in [-0.4, -0.2) is 4.98 Å². The van der Waals surface area contributed by atoms with Crippen LogP contribution in [0.5, 0.6) is 0 Å². The molecule has 0 bridgehead atoms. The molecule has 2 aromatic rings. The third-order valence-electron chi connectivity index (χ3n) is 2.93. The molecule has 1 atom stereocenters. The quantitative estimate of drug-likeness (QED) is 0.716. The molecule has 2 rings (SSSR count). The first-order valence-corrected chi connectivity index (χ1v) is 7.36. The normalized spacial score (nSPS) is 13.0. The molecule has 1 heterocycles. The molecular formula is C16H19NS. The van der Waals surface area contributed by atoms with Gasteiger partial charge in [-0.3, -0.25) is 0 Å². The van der Waals surface area contributed by atoms with Crippen LogP contribution in [0.2, 0.25) is 0 Å². The largest absolute Gasteiger partial charge is 0.242 e. The van der Waals surface area contributed by atoms with Crippen LogP contribution in [0.3, 0.4) is 0 Å². The molecule has 1 nitrogen and oxygen atoms in total. The molecule has 1 aromatic carbocycles. The minimum atomic E-state index is 0.582. The number of nitrogens with zero attached hydrogens (tertiary/aromatic N) is 1. The van der Waals surface area contributed by atoms with E-state index in [2.05, 4.69) is 60.6 Å². The first kappa shape index (κ1) is 13.0. The Morgan fingerprint density at radius 3 is 2.72 bits per heavy atom. The molecule has 2 heteroatoms. The zero-order valence-corrected chi connectivity index (χ0v) is 11.8. The van der Waals surface area contributed by atoms with Crippen molar-refractivity contribution in [2.45, 2.75) is 32.6 Å². The second-order valence-corrected chi connectivity index (χ2v) is 5.43. The second kappa shape index (κ2) is 6.50. The molecule has 0 saturated heterocycles. The third kappa shape index (κ3) is 3.54. The third-order valence-corrected chi connectivity index (χ3v) is 4.02. The highest BCUT2D eigenvalue weighted by atomic mass is 32.1. The van der Waals surface area contributed by atoms with Crippen LogP contribution >= 0.6 is 11.3 Å². The molecule has 0 amide bonds. The predicted molar refractivity (Wildman–Crippen MR) is 80.8 cm³/mol. The van der Waals surface area contributed by atoms with Crippen molar-refractivity contribution in [3.8, 4) is 0 Å². The van der Waals surface area contributed by atoms with Gasteiger partial charge < -0.3 is 0 Å². The minimum absolute atomic E-state index is 0.582. The molecule has 18 heavy (non-hydrogen) atoms. The summed E-state index contributed by atoms with van der Waals surface area (Å²) in [4.78, 5) is 4.68. The maximum absolute atomic E-state index is 4.68. The number of hydrogen-bond acceptors (Lipinski definition) is 2. The average molecular weight is 257 g/mol. The molecule has 0 N–H and O–H groups in total. The first-order chi connectivity index (χ1) is 8.79. The molecule has 1 aromatic heterocycles. The fourth-order valence-corrected chi connectivity index (χ4v) is 2.79. The second-order valence-electron chi connectivity index (χ2n) is 4.54. The van der Waals surface area contributed by atoms with E-state index in [9.17, 15) is 0 Å². The van der Waals surface area contributed by atoms with Gasteiger partial charge in [0.05, 0.1) is 10.7 Å². The zero-order chi connectivity index (χ0) is 12.8. The Labute approximate surface area is 113 Å². The fraction of sp³-hybridized carbons (Fsp3) is 0.312. The van der Waals surface area contributed by atoms with Crippen molar-refractivity contribution in [3.05, 3.63) is 52.0 Å². The lowest BCUT2D eigenvalue weighted by Crippen LogP contribution is -1.91. The van der Waals surface area contributed by atoms with Crippen molar-refractivity contribution in [2.24, 2.45) is 0 Å². The predicted octanol–water partition coefficient (Wildman–Crippen LogP) is 5.22. The Balaban J connectivity index is 2.05. The molecule has 0 fully saturated rings. The highest BCUT2D eigenvalue weighted by Gasteiger charge is 2.08. The van der Waals surface area contributed by atoms with Crippen LogP contribution in [0.25, 0.3) is 12.2 Å². The van der Waals surface area contributed by atoms with Crippen LogP contribution in [0, 0.1) is 0 Å². The number of hydrogen-bond donors (Lipinski definition) is 0. The molecule has 0 saturated carbocycles. The lowest BCUT2D eigenvalue weighted by molar-refractivity contribution is 0.660. The number of benzene rings is 1. The highest BCUT2D eigenvalue weighted by molar-refractivity contribution is 7.09. The van der Waals surface area contributed by atoms with E-state index < -0.39 is 0 Å². The van der Waals surface area contributed by atoms with Crippen LogP contribution in [0.4, 0.5) is 0 Å². The van der Waals surface area contributed by atoms with Gasteiger partial charge in [-0.2, -0.15) is 0 Å². The number of thiazole rings is 1. The van der Waals surface area contributed by atoms with Gasteiger partial charge >= 0.3 is 0 Å². The summed E-state index contributed by atoms with van der Waals surface area (Å²) in [7, 11) is 0. The van der Waals surface area contributed by atoms with Crippen molar-refractivity contribution in [3.63, 3.8) is 0 Å². The summed E-state index contributed by atoms with van der Waals surface area (Å²) in [6.45, 7) is 4.48. The minimum Gasteiger partial charge on any atom is -0.242 e. The fourth-order valence-electron chi connectivity index (χ4n) is 1.91. The molecular weight excluding hydrogens is 238 g/mol. The summed E-state index contributed by atoms with van der Waals surface area (Å²) >= 11 is 1.77. The summed E-state index contributed by atoms with van der Waals surface area (Å²) in [5, 5.41) is 3.39. The smallest absolute Gasteiger partial charge is 0.0960 e. The Kier molecular flexibility index (Phi) is 4.71. The van der Waals surface area contributed by atoms with Gasteiger partial charge in [0.15, 0.2) is 0 Å². The number of aromatic nitrogens is 1. The molecule has 0 aliphatic heterocycles. The number of rotatable bonds is 5. The maximum Gasteiger partial charge on any atom is 0.0960 e. The summed E-state index contributed by atoms with van der Waals surface area (Å²) < 4.78 is 0. The maximum atomic E-state index is 4.68. The van der Waals surface area contributed by atoms with Gasteiger partial charge in [0.2, 0.25) is 0 Å². The van der Waals surface area contributed by atoms with Gasteiger partial charge in [-0.15, -0.1) is 11.3 Å². The lowest BCUT2D eigenvalue weighted by Gasteiger charge is -2.04. The summed E-state index contributed by atoms with van der Waals surface area (Å²) in [6, 6.07) is 10.3. The molecule has 0 radical (unpaired) electrons. The molecule has 0 aliphatic carbocycles. The van der Waals surface area contributed by atoms with Crippen molar-refractivity contribution < 1.29 is 0 Å². The topological polar surface area (TPSA) is 12.9 Å². The van der Waals surface area contributed by atoms with Crippen molar-refractivity contribution in [1.82, 2.24) is 4.98 Å². The average Bonchev–Trinajstić information content (AvgIpc) is 2.87. The first-order valence-electron chi connectivity index (χ1n) is 6.48. The van der Waals surface area contributed by atoms with Gasteiger partial charge in [-0.1, -0.05) is 56.7 Å². The summed E-state index contributed by atoms with van der Waals surface area (Å²) in [5.74, 6) is 0.582. The van der Waals surface area contributed by atoms with Gasteiger partial charge in [-0.05, 0) is 18.1 Å². The van der Waals surface area contributed by atoms with Gasteiger partial charge in [-0.25, -0.2) is 4.98 Å². The summed E-state index contributed by atoms with van der Waals surface area (Å²) in [6.07, 6.45) is 6.64. The summed E-state index contributed by atoms with van der Waals surface area (Å²) in [5.41, 5.74) is 2.29. The van der Waals surface area contributed by atoms with E-state index in [1.54, 1.807) is 11.3 Å². The Morgan fingerprint density at radius 2 is 2.00 bits per heavy atom. The van der Waals surface area contributed by atoms with Gasteiger partial charge in [0, 0.05) is 11.3 Å². The molecule has 1 unspecified atom stereocenters. The van der Waals surface area contributed by atoms with Crippen LogP contribution in [0.1, 0.15) is 48.9 Å². The van der Waals surface area contributed by atoms with Crippen LogP contribution in [0.15, 0.2) is 35.7 Å². The Morgan fingerprint density at radius 1 is 1.22 bits per heavy atom. The highest BCUT2D eigenvalue weighted by Crippen LogP contribution is 2.24. The SMILES string of the molecule is CCCC(C)c1nc(C=Cc2ccccc2)cs1. The van der Waals surface area contributed by atoms with E-state index in [0.717, 1.165) is 5.69 Å². The van der Waals surface area contributed by atoms with E-state index in [0.29, 0.717) is 5.92 Å². The van der Waals surface area contributed by atoms with Gasteiger partial charge in [0.25, 0.3) is 0 Å². The van der Waals surface area contributed by atoms with E-state index >= 15 is 0 Å². The van der Waals surface area contributed by atoms with E-state index in [1.165, 1.54) is 23.4 Å². The van der Waals surface area contributed by atoms with Gasteiger partial charge in [0.1, 0.15) is 0 Å². The zero-order valence-electron chi connectivity index (χ0n) is 11.0. The van der Waals surface area contributed by atoms with E-state index in [1.807, 2.05) is 6.07 Å². The molecule has 94 valence electrons. The van der Waals surface area contributed by atoms with Crippen molar-refractivity contribution in [2.75, 3.05) is 0 Å². The van der Waals surface area contributed by atoms with E-state index in [4.69, 9.17) is 0 Å².